The van der Waals surface area contributed by atoms with E-state index in [1.165, 1.54) is 21.8 Å². The fourth-order valence-corrected chi connectivity index (χ4v) is 2.87. The van der Waals surface area contributed by atoms with Crippen molar-refractivity contribution in [3.8, 4) is 23.7 Å². The molecule has 0 amide bonds. The molecule has 112 valence electrons. The summed E-state index contributed by atoms with van der Waals surface area (Å²) in [5, 5.41) is 2.52. The van der Waals surface area contributed by atoms with Crippen molar-refractivity contribution in [3.63, 3.8) is 0 Å². The number of pyridine rings is 1. The highest BCUT2D eigenvalue weighted by Gasteiger charge is 2.07. The highest BCUT2D eigenvalue weighted by molar-refractivity contribution is 6.08. The van der Waals surface area contributed by atoms with Gasteiger partial charge in [0.05, 0.1) is 6.54 Å². The number of rotatable bonds is 1. The lowest BCUT2D eigenvalue weighted by molar-refractivity contribution is 0.923. The first-order chi connectivity index (χ1) is 11.9. The minimum absolute atomic E-state index is 0.616. The van der Waals surface area contributed by atoms with Crippen LogP contribution in [-0.4, -0.2) is 9.55 Å². The fourth-order valence-electron chi connectivity index (χ4n) is 2.87. The van der Waals surface area contributed by atoms with Crippen molar-refractivity contribution in [1.82, 2.24) is 9.55 Å². The van der Waals surface area contributed by atoms with Gasteiger partial charge in [-0.25, -0.2) is 4.98 Å². The fraction of sp³-hybridized carbons (Fsp3) is 0.0455. The van der Waals surface area contributed by atoms with Gasteiger partial charge in [-0.2, -0.15) is 0 Å². The summed E-state index contributed by atoms with van der Waals surface area (Å²) in [5.41, 5.74) is 3.14. The predicted molar refractivity (Wildman–Crippen MR) is 98.3 cm³/mol. The van der Waals surface area contributed by atoms with Crippen LogP contribution in [0.2, 0.25) is 0 Å². The van der Waals surface area contributed by atoms with Crippen LogP contribution in [0, 0.1) is 23.7 Å². The van der Waals surface area contributed by atoms with Crippen molar-refractivity contribution >= 4 is 21.8 Å². The Hall–Kier alpha value is -3.49. The van der Waals surface area contributed by atoms with Crippen molar-refractivity contribution in [2.24, 2.45) is 0 Å². The molecule has 0 unspecified atom stereocenters. The molecule has 0 aliphatic heterocycles. The Balaban J connectivity index is 1.68. The number of para-hydroxylation sites is 2. The van der Waals surface area contributed by atoms with Crippen LogP contribution in [0.3, 0.4) is 0 Å². The molecular formula is C22H14N2. The normalized spacial score (nSPS) is 10.0. The molecule has 2 aromatic carbocycles. The van der Waals surface area contributed by atoms with Gasteiger partial charge in [-0.3, -0.25) is 0 Å². The zero-order chi connectivity index (χ0) is 16.2. The van der Waals surface area contributed by atoms with E-state index in [1.54, 1.807) is 6.20 Å². The van der Waals surface area contributed by atoms with E-state index in [0.29, 0.717) is 6.54 Å². The molecule has 2 aromatic heterocycles. The number of nitrogens with zero attached hydrogens (tertiary/aromatic N) is 2. The van der Waals surface area contributed by atoms with Crippen molar-refractivity contribution in [1.29, 1.82) is 0 Å². The average molecular weight is 306 g/mol. The van der Waals surface area contributed by atoms with Crippen molar-refractivity contribution in [3.05, 3.63) is 78.6 Å². The second kappa shape index (κ2) is 6.32. The molecule has 0 bridgehead atoms. The molecule has 0 atom stereocenters. The highest BCUT2D eigenvalue weighted by atomic mass is 15.0. The van der Waals surface area contributed by atoms with Crippen LogP contribution in [0.1, 0.15) is 5.69 Å². The zero-order valence-corrected chi connectivity index (χ0v) is 13.0. The number of hydrogen-bond acceptors (Lipinski definition) is 1. The number of fused-ring (bicyclic) bond motifs is 3. The second-order valence-electron chi connectivity index (χ2n) is 5.39. The SMILES string of the molecule is C(C#Cc1ccccn1)#CCn1c2ccccc2c2ccccc21. The molecule has 0 radical (unpaired) electrons. The van der Waals surface area contributed by atoms with E-state index in [-0.39, 0.29) is 0 Å². The van der Waals surface area contributed by atoms with E-state index in [1.807, 2.05) is 18.2 Å². The summed E-state index contributed by atoms with van der Waals surface area (Å²) in [6, 6.07) is 22.5. The highest BCUT2D eigenvalue weighted by Crippen LogP contribution is 2.28. The van der Waals surface area contributed by atoms with Crippen molar-refractivity contribution in [2.75, 3.05) is 0 Å². The Morgan fingerprint density at radius 1 is 0.750 bits per heavy atom. The van der Waals surface area contributed by atoms with Gasteiger partial charge in [0.1, 0.15) is 5.69 Å². The summed E-state index contributed by atoms with van der Waals surface area (Å²) in [6.45, 7) is 0.616. The molecule has 0 N–H and O–H groups in total. The number of hydrogen-bond donors (Lipinski definition) is 0. The quantitative estimate of drug-likeness (QED) is 0.481. The molecule has 4 aromatic rings. The Morgan fingerprint density at radius 3 is 2.08 bits per heavy atom. The van der Waals surface area contributed by atoms with E-state index in [2.05, 4.69) is 81.8 Å². The summed E-state index contributed by atoms with van der Waals surface area (Å²) in [5.74, 6) is 11.9. The predicted octanol–water partition coefficient (Wildman–Crippen LogP) is 4.24. The van der Waals surface area contributed by atoms with Gasteiger partial charge in [0, 0.05) is 28.0 Å². The second-order valence-corrected chi connectivity index (χ2v) is 5.39. The van der Waals surface area contributed by atoms with Gasteiger partial charge in [0.25, 0.3) is 0 Å². The first-order valence-corrected chi connectivity index (χ1v) is 7.79. The Labute approximate surface area is 140 Å². The summed E-state index contributed by atoms with van der Waals surface area (Å²) in [4.78, 5) is 4.16. The van der Waals surface area contributed by atoms with Crippen LogP contribution in [0.25, 0.3) is 21.8 Å². The van der Waals surface area contributed by atoms with Gasteiger partial charge >= 0.3 is 0 Å². The van der Waals surface area contributed by atoms with Gasteiger partial charge in [0.2, 0.25) is 0 Å². The molecule has 2 heteroatoms. The minimum atomic E-state index is 0.616. The first kappa shape index (κ1) is 14.1. The molecule has 0 fully saturated rings. The average Bonchev–Trinajstić information content (AvgIpc) is 2.97. The van der Waals surface area contributed by atoms with E-state index in [4.69, 9.17) is 0 Å². The molecule has 24 heavy (non-hydrogen) atoms. The van der Waals surface area contributed by atoms with E-state index in [0.717, 1.165) is 5.69 Å². The van der Waals surface area contributed by atoms with Crippen LogP contribution in [-0.2, 0) is 6.54 Å². The van der Waals surface area contributed by atoms with Crippen LogP contribution >= 0.6 is 0 Å². The molecule has 0 saturated carbocycles. The topological polar surface area (TPSA) is 17.8 Å². The summed E-state index contributed by atoms with van der Waals surface area (Å²) in [7, 11) is 0. The Morgan fingerprint density at radius 2 is 1.42 bits per heavy atom. The van der Waals surface area contributed by atoms with Crippen LogP contribution in [0.4, 0.5) is 0 Å². The van der Waals surface area contributed by atoms with Gasteiger partial charge in [-0.05, 0) is 42.0 Å². The molecule has 0 saturated heterocycles. The molecular weight excluding hydrogens is 292 g/mol. The lowest BCUT2D eigenvalue weighted by Crippen LogP contribution is -1.94. The molecule has 2 nitrogen and oxygen atoms in total. The summed E-state index contributed by atoms with van der Waals surface area (Å²) < 4.78 is 2.24. The molecule has 0 aliphatic rings. The smallest absolute Gasteiger partial charge is 0.114 e. The maximum atomic E-state index is 4.16. The van der Waals surface area contributed by atoms with Crippen LogP contribution in [0.5, 0.6) is 0 Å². The van der Waals surface area contributed by atoms with E-state index in [9.17, 15) is 0 Å². The third-order valence-electron chi connectivity index (χ3n) is 3.92. The summed E-state index contributed by atoms with van der Waals surface area (Å²) >= 11 is 0. The molecule has 4 rings (SSSR count). The minimum Gasteiger partial charge on any atom is -0.329 e. The first-order valence-electron chi connectivity index (χ1n) is 7.79. The standard InChI is InChI=1S/C22H14N2/c1(2-10-18-11-7-8-16-23-18)9-17-24-21-14-5-3-12-19(21)20-13-4-6-15-22(20)24/h3-8,11-16H,17H2. The lowest BCUT2D eigenvalue weighted by atomic mass is 10.2. The zero-order valence-electron chi connectivity index (χ0n) is 13.0. The Kier molecular flexibility index (Phi) is 3.72. The monoisotopic (exact) mass is 306 g/mol. The van der Waals surface area contributed by atoms with Gasteiger partial charge < -0.3 is 4.57 Å². The number of aromatic nitrogens is 2. The van der Waals surface area contributed by atoms with Crippen molar-refractivity contribution < 1.29 is 0 Å². The maximum absolute atomic E-state index is 4.16. The van der Waals surface area contributed by atoms with Crippen LogP contribution in [0.15, 0.2) is 72.9 Å². The molecule has 0 spiro atoms. The third kappa shape index (κ3) is 2.62. The van der Waals surface area contributed by atoms with Gasteiger partial charge in [-0.15, -0.1) is 0 Å². The Bertz CT molecular complexity index is 1080. The molecule has 2 heterocycles. The largest absolute Gasteiger partial charge is 0.329 e. The number of benzene rings is 2. The van der Waals surface area contributed by atoms with Crippen LogP contribution < -0.4 is 0 Å². The van der Waals surface area contributed by atoms with Gasteiger partial charge in [-0.1, -0.05) is 48.4 Å². The molecule has 0 aliphatic carbocycles. The lowest BCUT2D eigenvalue weighted by Gasteiger charge is -2.01. The third-order valence-corrected chi connectivity index (χ3v) is 3.92. The van der Waals surface area contributed by atoms with Gasteiger partial charge in [0.15, 0.2) is 0 Å². The van der Waals surface area contributed by atoms with E-state index >= 15 is 0 Å². The maximum Gasteiger partial charge on any atom is 0.114 e. The van der Waals surface area contributed by atoms with E-state index < -0.39 is 0 Å². The van der Waals surface area contributed by atoms with Crippen molar-refractivity contribution in [2.45, 2.75) is 6.54 Å². The summed E-state index contributed by atoms with van der Waals surface area (Å²) in [6.07, 6.45) is 1.73.